The number of benzene rings is 1. The number of aryl methyl sites for hydroxylation is 1. The van der Waals surface area contributed by atoms with Gasteiger partial charge in [-0.15, -0.1) is 0 Å². The number of carbonyl (C=O) groups excluding carboxylic acids is 2. The number of hydrogen-bond acceptors (Lipinski definition) is 4. The lowest BCUT2D eigenvalue weighted by atomic mass is 10.1. The van der Waals surface area contributed by atoms with Crippen molar-refractivity contribution in [2.24, 2.45) is 0 Å². The zero-order valence-corrected chi connectivity index (χ0v) is 12.3. The molecule has 1 saturated heterocycles. The molecule has 2 heterocycles. The first-order valence-corrected chi connectivity index (χ1v) is 7.27. The molecule has 1 aromatic carbocycles. The van der Waals surface area contributed by atoms with E-state index in [2.05, 4.69) is 15.0 Å². The average molecular weight is 299 g/mol. The molecule has 2 aromatic rings. The molecule has 0 spiro atoms. The van der Waals surface area contributed by atoms with Gasteiger partial charge in [-0.2, -0.15) is 0 Å². The van der Waals surface area contributed by atoms with Gasteiger partial charge in [-0.25, -0.2) is 0 Å². The Bertz CT molecular complexity index is 689. The van der Waals surface area contributed by atoms with Gasteiger partial charge in [0.15, 0.2) is 5.69 Å². The third-order valence-corrected chi connectivity index (χ3v) is 3.79. The van der Waals surface area contributed by atoms with E-state index in [0.717, 1.165) is 31.5 Å². The maximum atomic E-state index is 12.3. The molecule has 2 amide bonds. The summed E-state index contributed by atoms with van der Waals surface area (Å²) in [6.45, 7) is 3.50. The minimum absolute atomic E-state index is 0.0509. The highest BCUT2D eigenvalue weighted by Crippen LogP contribution is 2.20. The van der Waals surface area contributed by atoms with Crippen LogP contribution in [0.2, 0.25) is 0 Å². The summed E-state index contributed by atoms with van der Waals surface area (Å²) in [7, 11) is 0. The van der Waals surface area contributed by atoms with Gasteiger partial charge in [-0.05, 0) is 43.5 Å². The minimum Gasteiger partial charge on any atom is -0.364 e. The van der Waals surface area contributed by atoms with E-state index in [4.69, 9.17) is 0 Å². The summed E-state index contributed by atoms with van der Waals surface area (Å²) in [6, 6.07) is 6.79. The third-order valence-electron chi connectivity index (χ3n) is 3.79. The number of hydrogen-bond donors (Lipinski definition) is 1. The molecule has 22 heavy (non-hydrogen) atoms. The lowest BCUT2D eigenvalue weighted by molar-refractivity contribution is 0.0792. The number of likely N-dealkylation sites (tertiary alicyclic amines) is 1. The number of aromatic nitrogens is 1. The first-order valence-electron chi connectivity index (χ1n) is 7.27. The topological polar surface area (TPSA) is 75.4 Å². The molecule has 3 rings (SSSR count). The van der Waals surface area contributed by atoms with Crippen molar-refractivity contribution in [1.82, 2.24) is 10.1 Å². The molecule has 1 aliphatic heterocycles. The molecule has 6 nitrogen and oxygen atoms in total. The SMILES string of the molecule is Cc1cc(C(=O)N2CCCC2)ccc1NC(=O)c1ccon1. The second kappa shape index (κ2) is 6.01. The normalized spacial score (nSPS) is 14.1. The van der Waals surface area contributed by atoms with Crippen LogP contribution in [0.25, 0.3) is 0 Å². The third kappa shape index (κ3) is 2.86. The molecule has 1 aromatic heterocycles. The van der Waals surface area contributed by atoms with E-state index in [1.165, 1.54) is 12.3 Å². The van der Waals surface area contributed by atoms with Gasteiger partial charge in [0.1, 0.15) is 6.26 Å². The van der Waals surface area contributed by atoms with Crippen molar-refractivity contribution < 1.29 is 14.1 Å². The van der Waals surface area contributed by atoms with Crippen LogP contribution < -0.4 is 5.32 Å². The van der Waals surface area contributed by atoms with Gasteiger partial charge in [0.05, 0.1) is 0 Å². The van der Waals surface area contributed by atoms with E-state index in [0.29, 0.717) is 11.3 Å². The van der Waals surface area contributed by atoms with Crippen molar-refractivity contribution in [3.05, 3.63) is 47.3 Å². The van der Waals surface area contributed by atoms with Crippen molar-refractivity contribution in [3.63, 3.8) is 0 Å². The van der Waals surface area contributed by atoms with Gasteiger partial charge in [-0.1, -0.05) is 5.16 Å². The molecule has 6 heteroatoms. The number of rotatable bonds is 3. The molecular formula is C16H17N3O3. The van der Waals surface area contributed by atoms with Crippen molar-refractivity contribution in [1.29, 1.82) is 0 Å². The van der Waals surface area contributed by atoms with E-state index in [9.17, 15) is 9.59 Å². The van der Waals surface area contributed by atoms with E-state index < -0.39 is 0 Å². The van der Waals surface area contributed by atoms with Crippen molar-refractivity contribution >= 4 is 17.5 Å². The van der Waals surface area contributed by atoms with Gasteiger partial charge >= 0.3 is 0 Å². The van der Waals surface area contributed by atoms with Crippen LogP contribution in [0.15, 0.2) is 35.1 Å². The Kier molecular flexibility index (Phi) is 3.91. The Morgan fingerprint density at radius 1 is 1.23 bits per heavy atom. The Hall–Kier alpha value is -2.63. The van der Waals surface area contributed by atoms with E-state index in [1.54, 1.807) is 18.2 Å². The van der Waals surface area contributed by atoms with Crippen LogP contribution in [0.5, 0.6) is 0 Å². The largest absolute Gasteiger partial charge is 0.364 e. The monoisotopic (exact) mass is 299 g/mol. The number of anilines is 1. The van der Waals surface area contributed by atoms with Gasteiger partial charge in [0.25, 0.3) is 11.8 Å². The van der Waals surface area contributed by atoms with Crippen LogP contribution in [0.4, 0.5) is 5.69 Å². The Labute approximate surface area is 128 Å². The summed E-state index contributed by atoms with van der Waals surface area (Å²) < 4.78 is 4.65. The van der Waals surface area contributed by atoms with Crippen molar-refractivity contribution in [3.8, 4) is 0 Å². The van der Waals surface area contributed by atoms with Crippen LogP contribution >= 0.6 is 0 Å². The van der Waals surface area contributed by atoms with Crippen LogP contribution in [-0.2, 0) is 0 Å². The molecule has 114 valence electrons. The summed E-state index contributed by atoms with van der Waals surface area (Å²) in [5.41, 5.74) is 2.36. The molecular weight excluding hydrogens is 282 g/mol. The summed E-state index contributed by atoms with van der Waals surface area (Å²) >= 11 is 0. The number of nitrogens with zero attached hydrogens (tertiary/aromatic N) is 2. The van der Waals surface area contributed by atoms with E-state index in [-0.39, 0.29) is 17.5 Å². The van der Waals surface area contributed by atoms with Crippen molar-refractivity contribution in [2.75, 3.05) is 18.4 Å². The van der Waals surface area contributed by atoms with Crippen LogP contribution in [0, 0.1) is 6.92 Å². The lowest BCUT2D eigenvalue weighted by Gasteiger charge is -2.16. The standard InChI is InChI=1S/C16H17N3O3/c1-11-10-12(16(21)19-7-2-3-8-19)4-5-13(11)17-15(20)14-6-9-22-18-14/h4-6,9-10H,2-3,7-8H2,1H3,(H,17,20). The van der Waals surface area contributed by atoms with Crippen molar-refractivity contribution in [2.45, 2.75) is 19.8 Å². The Balaban J connectivity index is 1.74. The molecule has 0 radical (unpaired) electrons. The first kappa shape index (κ1) is 14.3. The molecule has 0 saturated carbocycles. The fourth-order valence-corrected chi connectivity index (χ4v) is 2.56. The molecule has 0 unspecified atom stereocenters. The number of amides is 2. The smallest absolute Gasteiger partial charge is 0.277 e. The van der Waals surface area contributed by atoms with Crippen LogP contribution in [-0.4, -0.2) is 35.0 Å². The first-order chi connectivity index (χ1) is 10.6. The maximum absolute atomic E-state index is 12.3. The predicted molar refractivity (Wildman–Crippen MR) is 80.8 cm³/mol. The predicted octanol–water partition coefficient (Wildman–Crippen LogP) is 2.47. The number of carbonyl (C=O) groups is 2. The molecule has 1 aliphatic rings. The maximum Gasteiger partial charge on any atom is 0.277 e. The fraction of sp³-hybridized carbons (Fsp3) is 0.312. The fourth-order valence-electron chi connectivity index (χ4n) is 2.56. The Morgan fingerprint density at radius 2 is 2.00 bits per heavy atom. The Morgan fingerprint density at radius 3 is 2.64 bits per heavy atom. The van der Waals surface area contributed by atoms with Gasteiger partial charge in [-0.3, -0.25) is 9.59 Å². The van der Waals surface area contributed by atoms with Gasteiger partial charge < -0.3 is 14.7 Å². The second-order valence-corrected chi connectivity index (χ2v) is 5.37. The second-order valence-electron chi connectivity index (χ2n) is 5.37. The average Bonchev–Trinajstić information content (AvgIpc) is 3.21. The number of nitrogens with one attached hydrogen (secondary N) is 1. The van der Waals surface area contributed by atoms with Gasteiger partial charge in [0.2, 0.25) is 0 Å². The summed E-state index contributed by atoms with van der Waals surface area (Å²) in [6.07, 6.45) is 3.48. The van der Waals surface area contributed by atoms with Gasteiger partial charge in [0, 0.05) is 30.4 Å². The molecule has 1 fully saturated rings. The summed E-state index contributed by atoms with van der Waals surface area (Å²) in [4.78, 5) is 26.1. The molecule has 1 N–H and O–H groups in total. The lowest BCUT2D eigenvalue weighted by Crippen LogP contribution is -2.27. The van der Waals surface area contributed by atoms with E-state index >= 15 is 0 Å². The highest BCUT2D eigenvalue weighted by molar-refractivity contribution is 6.03. The highest BCUT2D eigenvalue weighted by atomic mass is 16.5. The quantitative estimate of drug-likeness (QED) is 0.944. The zero-order valence-electron chi connectivity index (χ0n) is 12.3. The zero-order chi connectivity index (χ0) is 15.5. The van der Waals surface area contributed by atoms with E-state index in [1.807, 2.05) is 11.8 Å². The molecule has 0 atom stereocenters. The molecule has 0 aliphatic carbocycles. The van der Waals surface area contributed by atoms with Crippen LogP contribution in [0.1, 0.15) is 39.3 Å². The summed E-state index contributed by atoms with van der Waals surface area (Å²) in [5, 5.41) is 6.35. The minimum atomic E-state index is -0.338. The highest BCUT2D eigenvalue weighted by Gasteiger charge is 2.20. The summed E-state index contributed by atoms with van der Waals surface area (Å²) in [5.74, 6) is -0.287. The van der Waals surface area contributed by atoms with Crippen LogP contribution in [0.3, 0.4) is 0 Å². The molecule has 0 bridgehead atoms.